The predicted molar refractivity (Wildman–Crippen MR) is 98.4 cm³/mol. The summed E-state index contributed by atoms with van der Waals surface area (Å²) in [5.74, 6) is 0. The second kappa shape index (κ2) is 17.7. The van der Waals surface area contributed by atoms with Gasteiger partial charge in [0.05, 0.1) is 14.7 Å². The van der Waals surface area contributed by atoms with Crippen LogP contribution in [0.15, 0.2) is 6.07 Å². The molecule has 0 heterocycles. The average molecular weight is 355 g/mol. The molecule has 0 fully saturated rings. The zero-order valence-electron chi connectivity index (χ0n) is 14.8. The molecule has 0 spiro atoms. The van der Waals surface area contributed by atoms with E-state index in [-0.39, 0.29) is 58.8 Å². The molecule has 2 nitrogen and oxygen atoms in total. The normalized spacial score (nSPS) is 9.38. The minimum Gasteiger partial charge on any atom is -0.384 e. The van der Waals surface area contributed by atoms with Gasteiger partial charge in [0.1, 0.15) is 0 Å². The quantitative estimate of drug-likeness (QED) is 0.317. The zero-order chi connectivity index (χ0) is 14.7. The fraction of sp³-hybridized carbons (Fsp3) is 0.688. The van der Waals surface area contributed by atoms with Gasteiger partial charge in [-0.2, -0.15) is 0 Å². The fourth-order valence-electron chi connectivity index (χ4n) is 1.88. The van der Waals surface area contributed by atoms with Gasteiger partial charge in [0.25, 0.3) is 0 Å². The summed E-state index contributed by atoms with van der Waals surface area (Å²) >= 11 is 10.1. The van der Waals surface area contributed by atoms with E-state index in [0.29, 0.717) is 0 Å². The van der Waals surface area contributed by atoms with E-state index >= 15 is 0 Å². The van der Waals surface area contributed by atoms with Gasteiger partial charge in [-0.05, 0) is 45.0 Å². The van der Waals surface area contributed by atoms with Crippen LogP contribution in [-0.4, -0.2) is 31.1 Å². The van der Waals surface area contributed by atoms with Crippen molar-refractivity contribution in [1.29, 1.82) is 0 Å². The summed E-state index contributed by atoms with van der Waals surface area (Å²) in [6.07, 6.45) is 3.67. The SMILES string of the molecule is CC.CCCN(CC)CCCCNc1cc(=S)c1=S.[CH3-].[K+]. The van der Waals surface area contributed by atoms with Gasteiger partial charge >= 0.3 is 51.4 Å². The Morgan fingerprint density at radius 3 is 2.14 bits per heavy atom. The van der Waals surface area contributed by atoms with E-state index < -0.39 is 0 Å². The molecule has 1 rings (SSSR count). The molecule has 0 aliphatic carbocycles. The molecule has 1 aromatic rings. The maximum Gasteiger partial charge on any atom is 1.00 e. The molecule has 5 heteroatoms. The third kappa shape index (κ3) is 11.5. The molecular weight excluding hydrogens is 323 g/mol. The van der Waals surface area contributed by atoms with Crippen LogP contribution < -0.4 is 56.7 Å². The van der Waals surface area contributed by atoms with Gasteiger partial charge in [0.2, 0.25) is 0 Å². The monoisotopic (exact) mass is 354 g/mol. The van der Waals surface area contributed by atoms with Crippen molar-refractivity contribution in [1.82, 2.24) is 4.90 Å². The van der Waals surface area contributed by atoms with Gasteiger partial charge in [-0.1, -0.05) is 52.1 Å². The first-order chi connectivity index (χ1) is 9.19. The first-order valence-corrected chi connectivity index (χ1v) is 8.27. The molecule has 0 aliphatic heterocycles. The van der Waals surface area contributed by atoms with Crippen LogP contribution in [0.3, 0.4) is 0 Å². The van der Waals surface area contributed by atoms with Gasteiger partial charge in [-0.15, -0.1) is 0 Å². The Morgan fingerprint density at radius 2 is 1.71 bits per heavy atom. The number of nitrogens with zero attached hydrogens (tertiary/aromatic N) is 1. The van der Waals surface area contributed by atoms with Crippen LogP contribution in [0.2, 0.25) is 0 Å². The van der Waals surface area contributed by atoms with Crippen molar-refractivity contribution in [2.45, 2.75) is 47.0 Å². The van der Waals surface area contributed by atoms with Crippen LogP contribution in [0.4, 0.5) is 5.69 Å². The van der Waals surface area contributed by atoms with Gasteiger partial charge in [0, 0.05) is 6.54 Å². The summed E-state index contributed by atoms with van der Waals surface area (Å²) in [7, 11) is 0. The maximum absolute atomic E-state index is 5.12. The summed E-state index contributed by atoms with van der Waals surface area (Å²) in [4.78, 5) is 2.50. The smallest absolute Gasteiger partial charge is 0.384 e. The summed E-state index contributed by atoms with van der Waals surface area (Å²) in [5, 5.41) is 3.34. The average Bonchev–Trinajstić information content (AvgIpc) is 2.46. The summed E-state index contributed by atoms with van der Waals surface area (Å²) in [6, 6.07) is 1.95. The van der Waals surface area contributed by atoms with Crippen molar-refractivity contribution in [3.63, 3.8) is 0 Å². The van der Waals surface area contributed by atoms with Crippen molar-refractivity contribution in [2.75, 3.05) is 31.5 Å². The topological polar surface area (TPSA) is 15.3 Å². The summed E-state index contributed by atoms with van der Waals surface area (Å²) in [5.41, 5.74) is 1.06. The van der Waals surface area contributed by atoms with Crippen molar-refractivity contribution in [3.8, 4) is 0 Å². The van der Waals surface area contributed by atoms with Crippen LogP contribution in [0.1, 0.15) is 47.0 Å². The largest absolute Gasteiger partial charge is 1.00 e. The molecule has 1 N–H and O–H groups in total. The van der Waals surface area contributed by atoms with Crippen LogP contribution in [-0.2, 0) is 0 Å². The number of hydrogen-bond acceptors (Lipinski definition) is 4. The fourth-order valence-corrected chi connectivity index (χ4v) is 2.29. The van der Waals surface area contributed by atoms with Crippen LogP contribution in [0, 0.1) is 16.4 Å². The van der Waals surface area contributed by atoms with Crippen molar-refractivity contribution in [3.05, 3.63) is 22.5 Å². The first kappa shape index (κ1) is 27.2. The van der Waals surface area contributed by atoms with Gasteiger partial charge in [-0.25, -0.2) is 0 Å². The molecule has 0 aliphatic rings. The van der Waals surface area contributed by atoms with E-state index in [1.165, 1.54) is 32.4 Å². The Labute approximate surface area is 185 Å². The van der Waals surface area contributed by atoms with E-state index in [4.69, 9.17) is 24.4 Å². The maximum atomic E-state index is 5.12. The van der Waals surface area contributed by atoms with E-state index in [9.17, 15) is 0 Å². The molecule has 0 radical (unpaired) electrons. The molecule has 21 heavy (non-hydrogen) atoms. The third-order valence-corrected chi connectivity index (χ3v) is 3.84. The molecular formula is C16H31KN2S2. The Kier molecular flexibility index (Phi) is 22.9. The standard InChI is InChI=1S/C13H22N2S2.C2H6.CH3.K/c1-3-8-15(4-2)9-6-5-7-14-11-10-12(16)13(11)17;1-2;;/h10,14H,3-9H2,1-2H3;1-2H3;1H3;/q;;-1;+1. The molecule has 1 aromatic carbocycles. The Bertz CT molecular complexity index is 401. The van der Waals surface area contributed by atoms with E-state index in [1.807, 2.05) is 19.9 Å². The van der Waals surface area contributed by atoms with Crippen molar-refractivity contribution >= 4 is 30.1 Å². The molecule has 0 bridgehead atoms. The molecule has 0 saturated heterocycles. The molecule has 0 aromatic heterocycles. The Hall–Kier alpha value is 1.32. The summed E-state index contributed by atoms with van der Waals surface area (Å²) < 4.78 is 1.66. The van der Waals surface area contributed by atoms with Gasteiger partial charge in [0.15, 0.2) is 0 Å². The predicted octanol–water partition coefficient (Wildman–Crippen LogP) is 2.43. The van der Waals surface area contributed by atoms with E-state index in [1.54, 1.807) is 0 Å². The zero-order valence-corrected chi connectivity index (χ0v) is 19.5. The van der Waals surface area contributed by atoms with Crippen molar-refractivity contribution in [2.24, 2.45) is 0 Å². The van der Waals surface area contributed by atoms with Crippen molar-refractivity contribution < 1.29 is 51.4 Å². The van der Waals surface area contributed by atoms with Gasteiger partial charge in [-0.3, -0.25) is 0 Å². The number of nitrogens with one attached hydrogen (secondary N) is 1. The van der Waals surface area contributed by atoms with Gasteiger partial charge < -0.3 is 17.6 Å². The van der Waals surface area contributed by atoms with Crippen LogP contribution >= 0.6 is 24.4 Å². The molecule has 118 valence electrons. The minimum absolute atomic E-state index is 0. The molecule has 0 saturated carbocycles. The second-order valence-corrected chi connectivity index (χ2v) is 5.17. The Morgan fingerprint density at radius 1 is 1.10 bits per heavy atom. The third-order valence-electron chi connectivity index (χ3n) is 2.95. The molecule has 0 unspecified atom stereocenters. The number of anilines is 1. The minimum atomic E-state index is 0. The number of rotatable bonds is 9. The van der Waals surface area contributed by atoms with Crippen LogP contribution in [0.25, 0.3) is 0 Å². The number of hydrogen-bond donors (Lipinski definition) is 1. The molecule has 0 amide bonds. The Balaban J connectivity index is -0.000000774. The van der Waals surface area contributed by atoms with E-state index in [2.05, 4.69) is 24.1 Å². The first-order valence-electron chi connectivity index (χ1n) is 7.45. The number of unbranched alkanes of at least 4 members (excludes halogenated alkanes) is 1. The second-order valence-electron chi connectivity index (χ2n) is 4.32. The van der Waals surface area contributed by atoms with Crippen LogP contribution in [0.5, 0.6) is 0 Å². The van der Waals surface area contributed by atoms with E-state index in [0.717, 1.165) is 27.8 Å². The summed E-state index contributed by atoms with van der Waals surface area (Å²) in [6.45, 7) is 13.0. The molecule has 0 atom stereocenters.